The van der Waals surface area contributed by atoms with Crippen molar-refractivity contribution in [1.82, 2.24) is 5.32 Å². The average Bonchev–Trinajstić information content (AvgIpc) is 2.63. The molecule has 0 spiro atoms. The zero-order valence-corrected chi connectivity index (χ0v) is 14.8. The van der Waals surface area contributed by atoms with Crippen LogP contribution in [-0.2, 0) is 11.2 Å². The first kappa shape index (κ1) is 17.6. The fraction of sp³-hybridized carbons (Fsp3) is 0.316. The van der Waals surface area contributed by atoms with Crippen molar-refractivity contribution >= 4 is 17.7 Å². The van der Waals surface area contributed by atoms with E-state index >= 15 is 0 Å². The number of fused-ring (bicyclic) bond motifs is 1. The van der Waals surface area contributed by atoms with Crippen LogP contribution < -0.4 is 14.8 Å². The third-order valence-electron chi connectivity index (χ3n) is 3.82. The van der Waals surface area contributed by atoms with E-state index in [1.807, 2.05) is 25.1 Å². The van der Waals surface area contributed by atoms with Crippen molar-refractivity contribution in [3.63, 3.8) is 0 Å². The van der Waals surface area contributed by atoms with Gasteiger partial charge in [-0.2, -0.15) is 0 Å². The van der Waals surface area contributed by atoms with Gasteiger partial charge in [0.25, 0.3) is 0 Å². The molecule has 2 aromatic rings. The second kappa shape index (κ2) is 8.25. The third kappa shape index (κ3) is 4.89. The van der Waals surface area contributed by atoms with Crippen LogP contribution in [0.3, 0.4) is 0 Å². The Labute approximate surface area is 150 Å². The third-order valence-corrected chi connectivity index (χ3v) is 4.92. The minimum atomic E-state index is -0.253. The lowest BCUT2D eigenvalue weighted by atomic mass is 10.1. The van der Waals surface area contributed by atoms with E-state index in [9.17, 15) is 9.18 Å². The zero-order valence-electron chi connectivity index (χ0n) is 14.0. The van der Waals surface area contributed by atoms with E-state index in [2.05, 4.69) is 5.32 Å². The summed E-state index contributed by atoms with van der Waals surface area (Å²) < 4.78 is 23.9. The molecule has 0 aromatic heterocycles. The maximum absolute atomic E-state index is 12.9. The fourth-order valence-electron chi connectivity index (χ4n) is 2.48. The molecule has 1 aliphatic heterocycles. The van der Waals surface area contributed by atoms with Crippen LogP contribution in [0.4, 0.5) is 4.39 Å². The molecule has 0 saturated carbocycles. The van der Waals surface area contributed by atoms with E-state index in [-0.39, 0.29) is 17.0 Å². The van der Waals surface area contributed by atoms with Crippen molar-refractivity contribution in [2.45, 2.75) is 23.5 Å². The molecule has 0 radical (unpaired) electrons. The largest absolute Gasteiger partial charge is 0.486 e. The summed E-state index contributed by atoms with van der Waals surface area (Å²) >= 11 is 1.48. The van der Waals surface area contributed by atoms with Crippen molar-refractivity contribution < 1.29 is 18.7 Å². The number of benzene rings is 2. The first-order chi connectivity index (χ1) is 12.1. The van der Waals surface area contributed by atoms with Crippen LogP contribution in [0.2, 0.25) is 0 Å². The predicted octanol–water partition coefficient (Wildman–Crippen LogP) is 3.44. The van der Waals surface area contributed by atoms with Crippen LogP contribution in [0.25, 0.3) is 0 Å². The molecule has 25 heavy (non-hydrogen) atoms. The van der Waals surface area contributed by atoms with Gasteiger partial charge >= 0.3 is 0 Å². The molecule has 0 aliphatic carbocycles. The maximum Gasteiger partial charge on any atom is 0.233 e. The van der Waals surface area contributed by atoms with Crippen LogP contribution >= 0.6 is 11.8 Å². The van der Waals surface area contributed by atoms with E-state index in [0.29, 0.717) is 26.2 Å². The Bertz CT molecular complexity index is 736. The molecule has 0 bridgehead atoms. The number of ether oxygens (including phenoxy) is 2. The summed E-state index contributed by atoms with van der Waals surface area (Å²) in [5.41, 5.74) is 0.994. The van der Waals surface area contributed by atoms with Crippen LogP contribution in [0.15, 0.2) is 47.4 Å². The molecule has 1 atom stereocenters. The number of thioether (sulfide) groups is 1. The topological polar surface area (TPSA) is 47.6 Å². The Hall–Kier alpha value is -2.21. The van der Waals surface area contributed by atoms with Gasteiger partial charge in [-0.15, -0.1) is 11.8 Å². The number of hydrogen-bond donors (Lipinski definition) is 1. The molecule has 0 fully saturated rings. The van der Waals surface area contributed by atoms with Gasteiger partial charge in [0.1, 0.15) is 19.0 Å². The lowest BCUT2D eigenvalue weighted by molar-refractivity contribution is -0.120. The number of hydrogen-bond acceptors (Lipinski definition) is 4. The summed E-state index contributed by atoms with van der Waals surface area (Å²) in [6.45, 7) is 3.50. The van der Waals surface area contributed by atoms with E-state index < -0.39 is 0 Å². The number of rotatable bonds is 6. The molecule has 0 unspecified atom stereocenters. The molecule has 2 aromatic carbocycles. The van der Waals surface area contributed by atoms with Gasteiger partial charge in [-0.05, 0) is 49.2 Å². The Kier molecular flexibility index (Phi) is 5.81. The van der Waals surface area contributed by atoms with Gasteiger partial charge in [0, 0.05) is 11.4 Å². The van der Waals surface area contributed by atoms with E-state index in [1.54, 1.807) is 12.1 Å². The second-order valence-corrected chi connectivity index (χ2v) is 7.15. The normalized spacial score (nSPS) is 14.0. The SMILES string of the molecule is C[C@@H](Sc1ccc2c(c1)OCCO2)C(=O)NCCc1ccc(F)cc1. The zero-order chi connectivity index (χ0) is 17.6. The van der Waals surface area contributed by atoms with Crippen LogP contribution in [0.5, 0.6) is 11.5 Å². The predicted molar refractivity (Wildman–Crippen MR) is 95.9 cm³/mol. The highest BCUT2D eigenvalue weighted by Crippen LogP contribution is 2.35. The van der Waals surface area contributed by atoms with Gasteiger partial charge in [0.15, 0.2) is 11.5 Å². The lowest BCUT2D eigenvalue weighted by Crippen LogP contribution is -2.32. The molecule has 1 amide bonds. The average molecular weight is 361 g/mol. The summed E-state index contributed by atoms with van der Waals surface area (Å²) in [6, 6.07) is 12.0. The van der Waals surface area contributed by atoms with Gasteiger partial charge in [0.2, 0.25) is 5.91 Å². The minimum absolute atomic E-state index is 0.0259. The van der Waals surface area contributed by atoms with Crippen LogP contribution in [0, 0.1) is 5.82 Å². The lowest BCUT2D eigenvalue weighted by Gasteiger charge is -2.19. The van der Waals surface area contributed by atoms with Gasteiger partial charge in [-0.25, -0.2) is 4.39 Å². The molecule has 4 nitrogen and oxygen atoms in total. The smallest absolute Gasteiger partial charge is 0.233 e. The van der Waals surface area contributed by atoms with Crippen LogP contribution in [-0.4, -0.2) is 30.9 Å². The molecular formula is C19H20FNO3S. The minimum Gasteiger partial charge on any atom is -0.486 e. The van der Waals surface area contributed by atoms with E-state index in [1.165, 1.54) is 23.9 Å². The van der Waals surface area contributed by atoms with Gasteiger partial charge in [-0.3, -0.25) is 4.79 Å². The van der Waals surface area contributed by atoms with Crippen molar-refractivity contribution in [3.05, 3.63) is 53.8 Å². The molecule has 3 rings (SSSR count). The highest BCUT2D eigenvalue weighted by atomic mass is 32.2. The van der Waals surface area contributed by atoms with Crippen molar-refractivity contribution in [1.29, 1.82) is 0 Å². The highest BCUT2D eigenvalue weighted by molar-refractivity contribution is 8.00. The highest BCUT2D eigenvalue weighted by Gasteiger charge is 2.17. The monoisotopic (exact) mass is 361 g/mol. The van der Waals surface area contributed by atoms with Crippen molar-refractivity contribution in [2.24, 2.45) is 0 Å². The summed E-state index contributed by atoms with van der Waals surface area (Å²) in [5.74, 6) is 1.19. The number of carbonyl (C=O) groups is 1. The fourth-order valence-corrected chi connectivity index (χ4v) is 3.40. The van der Waals surface area contributed by atoms with Crippen molar-refractivity contribution in [2.75, 3.05) is 19.8 Å². The summed E-state index contributed by atoms with van der Waals surface area (Å²) in [6.07, 6.45) is 0.674. The second-order valence-electron chi connectivity index (χ2n) is 5.73. The van der Waals surface area contributed by atoms with Gasteiger partial charge < -0.3 is 14.8 Å². The maximum atomic E-state index is 12.9. The Morgan fingerprint density at radius 2 is 1.88 bits per heavy atom. The first-order valence-corrected chi connectivity index (χ1v) is 9.08. The van der Waals surface area contributed by atoms with Crippen LogP contribution in [0.1, 0.15) is 12.5 Å². The van der Waals surface area contributed by atoms with E-state index in [4.69, 9.17) is 9.47 Å². The van der Waals surface area contributed by atoms with E-state index in [0.717, 1.165) is 22.0 Å². The van der Waals surface area contributed by atoms with Gasteiger partial charge in [0.05, 0.1) is 5.25 Å². The summed E-state index contributed by atoms with van der Waals surface area (Å²) in [4.78, 5) is 13.2. The quantitative estimate of drug-likeness (QED) is 0.801. The first-order valence-electron chi connectivity index (χ1n) is 8.20. The summed E-state index contributed by atoms with van der Waals surface area (Å²) in [7, 11) is 0. The number of carbonyl (C=O) groups excluding carboxylic acids is 1. The standard InChI is InChI=1S/C19H20FNO3S/c1-13(19(22)21-9-8-14-2-4-15(20)5-3-14)25-16-6-7-17-18(12-16)24-11-10-23-17/h2-7,12-13H,8-11H2,1H3,(H,21,22)/t13-/m1/s1. The molecule has 132 valence electrons. The van der Waals surface area contributed by atoms with Gasteiger partial charge in [-0.1, -0.05) is 12.1 Å². The summed E-state index contributed by atoms with van der Waals surface area (Å²) in [5, 5.41) is 2.69. The Morgan fingerprint density at radius 1 is 1.16 bits per heavy atom. The number of nitrogens with one attached hydrogen (secondary N) is 1. The van der Waals surface area contributed by atoms with Crippen molar-refractivity contribution in [3.8, 4) is 11.5 Å². The molecule has 1 aliphatic rings. The Balaban J connectivity index is 1.48. The number of halogens is 1. The Morgan fingerprint density at radius 3 is 2.64 bits per heavy atom. The molecule has 1 heterocycles. The molecule has 1 N–H and O–H groups in total. The molecule has 0 saturated heterocycles. The molecule has 6 heteroatoms. The molecular weight excluding hydrogens is 341 g/mol. The number of amides is 1.